The van der Waals surface area contributed by atoms with Gasteiger partial charge in [-0.15, -0.1) is 12.4 Å². The molecule has 1 aromatic carbocycles. The first kappa shape index (κ1) is 20.9. The molecule has 9 heteroatoms. The second-order valence-corrected chi connectivity index (χ2v) is 6.43. The van der Waals surface area contributed by atoms with E-state index in [4.69, 9.17) is 4.74 Å². The number of carbonyl (C=O) groups excluding carboxylic acids is 1. The van der Waals surface area contributed by atoms with Gasteiger partial charge in [-0.25, -0.2) is 9.37 Å². The van der Waals surface area contributed by atoms with Gasteiger partial charge in [0.2, 0.25) is 5.91 Å². The molecule has 1 atom stereocenters. The van der Waals surface area contributed by atoms with Gasteiger partial charge in [0.25, 0.3) is 0 Å². The zero-order chi connectivity index (χ0) is 19.3. The molecule has 1 aliphatic heterocycles. The van der Waals surface area contributed by atoms with Crippen molar-refractivity contribution in [2.45, 2.75) is 12.6 Å². The molecule has 0 aliphatic carbocycles. The second kappa shape index (κ2) is 9.60. The van der Waals surface area contributed by atoms with Gasteiger partial charge >= 0.3 is 0 Å². The molecular weight excluding hydrogens is 397 g/mol. The molecule has 0 radical (unpaired) electrons. The fourth-order valence-electron chi connectivity index (χ4n) is 3.07. The number of carbonyl (C=O) groups is 1. The Balaban J connectivity index is 0.00000240. The number of aromatic nitrogens is 3. The third-order valence-electron chi connectivity index (χ3n) is 4.44. The van der Waals surface area contributed by atoms with Gasteiger partial charge in [0.05, 0.1) is 36.8 Å². The van der Waals surface area contributed by atoms with Crippen molar-refractivity contribution >= 4 is 18.3 Å². The molecular formula is C20H21ClFN5O2. The third-order valence-corrected chi connectivity index (χ3v) is 4.44. The summed E-state index contributed by atoms with van der Waals surface area (Å²) in [6.45, 7) is 1.81. The molecule has 1 aliphatic rings. The molecule has 3 heterocycles. The quantitative estimate of drug-likeness (QED) is 0.592. The molecule has 29 heavy (non-hydrogen) atoms. The molecule has 3 N–H and O–H groups in total. The highest BCUT2D eigenvalue weighted by Gasteiger charge is 2.22. The van der Waals surface area contributed by atoms with E-state index >= 15 is 0 Å². The largest absolute Gasteiger partial charge is 0.378 e. The van der Waals surface area contributed by atoms with Crippen molar-refractivity contribution in [2.24, 2.45) is 0 Å². The standard InChI is InChI=1S/C20H20FN5O2.ClH/c21-14-5-3-4-13(10-14)18-19(15-6-1-2-7-22-15)26-17(25-18)11-24-20(27)16-12-28-9-8-23-16;/h1-7,10,16,23H,8-9,11-12H2,(H,24,27)(H,25,26);1H. The molecule has 1 saturated heterocycles. The van der Waals surface area contributed by atoms with Crippen LogP contribution in [0.15, 0.2) is 48.7 Å². The Kier molecular flexibility index (Phi) is 6.92. The van der Waals surface area contributed by atoms with Crippen LogP contribution in [0.4, 0.5) is 4.39 Å². The number of aromatic amines is 1. The lowest BCUT2D eigenvalue weighted by Crippen LogP contribution is -2.51. The Labute approximate surface area is 173 Å². The predicted molar refractivity (Wildman–Crippen MR) is 109 cm³/mol. The van der Waals surface area contributed by atoms with Crippen LogP contribution in [0.3, 0.4) is 0 Å². The first-order valence-electron chi connectivity index (χ1n) is 9.06. The van der Waals surface area contributed by atoms with Crippen molar-refractivity contribution in [3.63, 3.8) is 0 Å². The van der Waals surface area contributed by atoms with Crippen LogP contribution in [0.2, 0.25) is 0 Å². The van der Waals surface area contributed by atoms with Crippen molar-refractivity contribution in [1.29, 1.82) is 0 Å². The van der Waals surface area contributed by atoms with Gasteiger partial charge in [-0.1, -0.05) is 18.2 Å². The smallest absolute Gasteiger partial charge is 0.239 e. The van der Waals surface area contributed by atoms with Crippen LogP contribution in [-0.4, -0.2) is 46.7 Å². The van der Waals surface area contributed by atoms with Gasteiger partial charge in [-0.3, -0.25) is 9.78 Å². The molecule has 1 amide bonds. The highest BCUT2D eigenvalue weighted by molar-refractivity contribution is 5.85. The number of amides is 1. The average Bonchev–Trinajstić information content (AvgIpc) is 3.18. The minimum atomic E-state index is -0.373. The summed E-state index contributed by atoms with van der Waals surface area (Å²) in [5, 5.41) is 5.96. The van der Waals surface area contributed by atoms with E-state index in [1.54, 1.807) is 18.3 Å². The summed E-state index contributed by atoms with van der Waals surface area (Å²) >= 11 is 0. The highest BCUT2D eigenvalue weighted by atomic mass is 35.5. The Hall–Kier alpha value is -2.81. The Morgan fingerprint density at radius 1 is 1.28 bits per heavy atom. The first-order valence-corrected chi connectivity index (χ1v) is 9.06. The maximum absolute atomic E-state index is 13.7. The van der Waals surface area contributed by atoms with E-state index in [0.717, 1.165) is 0 Å². The zero-order valence-electron chi connectivity index (χ0n) is 15.5. The van der Waals surface area contributed by atoms with E-state index in [-0.39, 0.29) is 36.7 Å². The van der Waals surface area contributed by atoms with Crippen LogP contribution < -0.4 is 10.6 Å². The van der Waals surface area contributed by atoms with Crippen molar-refractivity contribution in [3.05, 3.63) is 60.3 Å². The number of ether oxygens (including phenoxy) is 1. The number of nitrogens with one attached hydrogen (secondary N) is 3. The minimum absolute atomic E-state index is 0. The van der Waals surface area contributed by atoms with E-state index in [9.17, 15) is 9.18 Å². The van der Waals surface area contributed by atoms with Crippen molar-refractivity contribution in [3.8, 4) is 22.6 Å². The number of pyridine rings is 1. The lowest BCUT2D eigenvalue weighted by atomic mass is 10.1. The number of imidazole rings is 1. The summed E-state index contributed by atoms with van der Waals surface area (Å²) in [6, 6.07) is 11.4. The summed E-state index contributed by atoms with van der Waals surface area (Å²) in [7, 11) is 0. The molecule has 1 unspecified atom stereocenters. The average molecular weight is 418 g/mol. The predicted octanol–water partition coefficient (Wildman–Crippen LogP) is 2.30. The summed E-state index contributed by atoms with van der Waals surface area (Å²) in [5.74, 6) is 0.0680. The van der Waals surface area contributed by atoms with Crippen molar-refractivity contribution < 1.29 is 13.9 Å². The van der Waals surface area contributed by atoms with Crippen LogP contribution in [0.25, 0.3) is 22.6 Å². The lowest BCUT2D eigenvalue weighted by Gasteiger charge is -2.22. The number of morpholine rings is 1. The van der Waals surface area contributed by atoms with E-state index in [1.807, 2.05) is 18.2 Å². The van der Waals surface area contributed by atoms with E-state index in [0.29, 0.717) is 48.2 Å². The van der Waals surface area contributed by atoms with Gasteiger partial charge in [-0.05, 0) is 24.3 Å². The SMILES string of the molecule is Cl.O=C(NCc1nc(-c2cccc(F)c2)c(-c2ccccn2)[nH]1)C1COCCN1. The maximum Gasteiger partial charge on any atom is 0.239 e. The Bertz CT molecular complexity index is 961. The van der Waals surface area contributed by atoms with Crippen LogP contribution in [-0.2, 0) is 16.1 Å². The summed E-state index contributed by atoms with van der Waals surface area (Å²) in [4.78, 5) is 24.4. The van der Waals surface area contributed by atoms with Crippen LogP contribution >= 0.6 is 12.4 Å². The Morgan fingerprint density at radius 2 is 2.17 bits per heavy atom. The highest BCUT2D eigenvalue weighted by Crippen LogP contribution is 2.29. The monoisotopic (exact) mass is 417 g/mol. The lowest BCUT2D eigenvalue weighted by molar-refractivity contribution is -0.126. The number of rotatable bonds is 5. The minimum Gasteiger partial charge on any atom is -0.378 e. The molecule has 2 aromatic heterocycles. The van der Waals surface area contributed by atoms with Gasteiger partial charge < -0.3 is 20.4 Å². The Morgan fingerprint density at radius 3 is 2.90 bits per heavy atom. The van der Waals surface area contributed by atoms with Crippen LogP contribution in [0, 0.1) is 5.82 Å². The van der Waals surface area contributed by atoms with Gasteiger partial charge in [0.15, 0.2) is 0 Å². The summed E-state index contributed by atoms with van der Waals surface area (Å²) in [5.41, 5.74) is 2.59. The van der Waals surface area contributed by atoms with Gasteiger partial charge in [0.1, 0.15) is 17.7 Å². The fourth-order valence-corrected chi connectivity index (χ4v) is 3.07. The number of nitrogens with zero attached hydrogens (tertiary/aromatic N) is 2. The zero-order valence-corrected chi connectivity index (χ0v) is 16.3. The molecule has 152 valence electrons. The molecule has 0 bridgehead atoms. The topological polar surface area (TPSA) is 91.9 Å². The van der Waals surface area contributed by atoms with E-state index in [1.165, 1.54) is 12.1 Å². The number of halogens is 2. The molecule has 3 aromatic rings. The van der Waals surface area contributed by atoms with Crippen LogP contribution in [0.1, 0.15) is 5.82 Å². The number of benzene rings is 1. The van der Waals surface area contributed by atoms with Gasteiger partial charge in [-0.2, -0.15) is 0 Å². The third kappa shape index (κ3) is 4.97. The maximum atomic E-state index is 13.7. The normalized spacial score (nSPS) is 16.1. The van der Waals surface area contributed by atoms with Gasteiger partial charge in [0, 0.05) is 18.3 Å². The first-order chi connectivity index (χ1) is 13.7. The number of hydrogen-bond donors (Lipinski definition) is 3. The fraction of sp³-hybridized carbons (Fsp3) is 0.250. The second-order valence-electron chi connectivity index (χ2n) is 6.43. The van der Waals surface area contributed by atoms with E-state index in [2.05, 4.69) is 25.6 Å². The molecule has 4 rings (SSSR count). The molecule has 1 fully saturated rings. The number of H-pyrrole nitrogens is 1. The van der Waals surface area contributed by atoms with Crippen LogP contribution in [0.5, 0.6) is 0 Å². The molecule has 0 spiro atoms. The van der Waals surface area contributed by atoms with E-state index < -0.39 is 0 Å². The number of hydrogen-bond acceptors (Lipinski definition) is 5. The van der Waals surface area contributed by atoms with Crippen molar-refractivity contribution in [1.82, 2.24) is 25.6 Å². The summed E-state index contributed by atoms with van der Waals surface area (Å²) in [6.07, 6.45) is 1.68. The molecule has 0 saturated carbocycles. The molecule has 7 nitrogen and oxygen atoms in total. The summed E-state index contributed by atoms with van der Waals surface area (Å²) < 4.78 is 19.0. The van der Waals surface area contributed by atoms with Crippen molar-refractivity contribution in [2.75, 3.05) is 19.8 Å².